The number of aromatic nitrogens is 4. The van der Waals surface area contributed by atoms with E-state index >= 15 is 0 Å². The van der Waals surface area contributed by atoms with Crippen LogP contribution in [0.4, 0.5) is 11.6 Å². The monoisotopic (exact) mass is 510 g/mol. The summed E-state index contributed by atoms with van der Waals surface area (Å²) >= 11 is 0. The van der Waals surface area contributed by atoms with Gasteiger partial charge in [-0.2, -0.15) is 5.10 Å². The van der Waals surface area contributed by atoms with Gasteiger partial charge in [0.2, 0.25) is 5.95 Å². The normalized spacial score (nSPS) is 15.7. The van der Waals surface area contributed by atoms with Gasteiger partial charge < -0.3 is 19.8 Å². The van der Waals surface area contributed by atoms with Crippen LogP contribution in [0.15, 0.2) is 57.9 Å². The van der Waals surface area contributed by atoms with Crippen LogP contribution in [-0.4, -0.2) is 45.2 Å². The van der Waals surface area contributed by atoms with Crippen LogP contribution in [0.3, 0.4) is 0 Å². The largest absolute Gasteiger partial charge is 0.422 e. The fourth-order valence-corrected chi connectivity index (χ4v) is 4.91. The molecule has 1 aliphatic heterocycles. The number of fused-ring (bicyclic) bond motifs is 2. The number of nitrogens with zero attached hydrogens (tertiary/aromatic N) is 4. The SMILES string of the molecule is CC(=O)c1c(C2CNCCO2)c2ccc(Nc3nccc(-c4ccc5nn(C)c(C)c5c4)n3)cc2oc1=O. The molecule has 3 aromatic heterocycles. The molecular weight excluding hydrogens is 484 g/mol. The Morgan fingerprint density at radius 1 is 1.16 bits per heavy atom. The quantitative estimate of drug-likeness (QED) is 0.266. The molecule has 0 bridgehead atoms. The minimum absolute atomic E-state index is 0.0313. The zero-order chi connectivity index (χ0) is 26.4. The topological polar surface area (TPSA) is 124 Å². The number of Topliss-reactive ketones (excluding diaryl/α,β-unsaturated/α-hetero) is 1. The number of aryl methyl sites for hydroxylation is 2. The van der Waals surface area contributed by atoms with Crippen LogP contribution in [0.1, 0.15) is 34.6 Å². The first-order chi connectivity index (χ1) is 18.4. The summed E-state index contributed by atoms with van der Waals surface area (Å²) in [4.78, 5) is 34.2. The van der Waals surface area contributed by atoms with Gasteiger partial charge >= 0.3 is 5.63 Å². The molecule has 0 spiro atoms. The van der Waals surface area contributed by atoms with Crippen molar-refractivity contribution in [2.75, 3.05) is 25.0 Å². The van der Waals surface area contributed by atoms with Crippen molar-refractivity contribution in [3.63, 3.8) is 0 Å². The predicted molar refractivity (Wildman–Crippen MR) is 144 cm³/mol. The highest BCUT2D eigenvalue weighted by atomic mass is 16.5. The maximum atomic E-state index is 12.8. The van der Waals surface area contributed by atoms with Crippen LogP contribution in [0.2, 0.25) is 0 Å². The highest BCUT2D eigenvalue weighted by Crippen LogP contribution is 2.32. The third-order valence-electron chi connectivity index (χ3n) is 6.89. The van der Waals surface area contributed by atoms with E-state index < -0.39 is 11.7 Å². The number of anilines is 2. The second kappa shape index (κ2) is 9.47. The summed E-state index contributed by atoms with van der Waals surface area (Å²) in [5.41, 5.74) is 4.62. The number of carbonyl (C=O) groups excluding carboxylic acids is 1. The number of hydrogen-bond donors (Lipinski definition) is 2. The van der Waals surface area contributed by atoms with E-state index in [1.807, 2.05) is 49.0 Å². The van der Waals surface area contributed by atoms with Crippen LogP contribution in [0.25, 0.3) is 33.1 Å². The van der Waals surface area contributed by atoms with Crippen LogP contribution in [0, 0.1) is 6.92 Å². The average molecular weight is 511 g/mol. The van der Waals surface area contributed by atoms with E-state index in [0.29, 0.717) is 47.9 Å². The molecule has 10 nitrogen and oxygen atoms in total. The molecule has 2 N–H and O–H groups in total. The molecule has 1 saturated heterocycles. The zero-order valence-corrected chi connectivity index (χ0v) is 21.2. The molecule has 6 rings (SSSR count). The molecule has 5 aromatic rings. The molecule has 0 saturated carbocycles. The number of hydrogen-bond acceptors (Lipinski definition) is 9. The number of nitrogens with one attached hydrogen (secondary N) is 2. The van der Waals surface area contributed by atoms with Crippen LogP contribution >= 0.6 is 0 Å². The molecule has 0 radical (unpaired) electrons. The van der Waals surface area contributed by atoms with Gasteiger partial charge in [0.05, 0.1) is 23.9 Å². The van der Waals surface area contributed by atoms with Crippen molar-refractivity contribution in [3.05, 3.63) is 75.9 Å². The Balaban J connectivity index is 1.36. The number of carbonyl (C=O) groups is 1. The van der Waals surface area contributed by atoms with Gasteiger partial charge in [0.1, 0.15) is 11.1 Å². The van der Waals surface area contributed by atoms with Gasteiger partial charge in [-0.3, -0.25) is 9.48 Å². The maximum absolute atomic E-state index is 12.8. The first-order valence-corrected chi connectivity index (χ1v) is 12.4. The third-order valence-corrected chi connectivity index (χ3v) is 6.89. The second-order valence-electron chi connectivity index (χ2n) is 9.34. The number of ketones is 1. The molecule has 1 aliphatic rings. The van der Waals surface area contributed by atoms with E-state index in [4.69, 9.17) is 14.1 Å². The second-order valence-corrected chi connectivity index (χ2v) is 9.34. The summed E-state index contributed by atoms with van der Waals surface area (Å²) in [5, 5.41) is 12.7. The van der Waals surface area contributed by atoms with Gasteiger partial charge in [-0.25, -0.2) is 14.8 Å². The summed E-state index contributed by atoms with van der Waals surface area (Å²) in [6.07, 6.45) is 1.27. The third kappa shape index (κ3) is 4.23. The van der Waals surface area contributed by atoms with E-state index in [0.717, 1.165) is 27.9 Å². The maximum Gasteiger partial charge on any atom is 0.347 e. The standard InChI is InChI=1S/C28H26N6O4/c1-15-20-12-17(4-7-22(20)33-34(15)3)21-8-9-30-28(32-21)31-18-5-6-19-23(13-18)38-27(36)25(16(2)35)26(19)24-14-29-10-11-37-24/h4-9,12-13,24,29H,10-11,14H2,1-3H3,(H,30,31,32). The summed E-state index contributed by atoms with van der Waals surface area (Å²) in [5.74, 6) is 0.0458. The Morgan fingerprint density at radius 2 is 2.03 bits per heavy atom. The van der Waals surface area contributed by atoms with Crippen molar-refractivity contribution in [2.24, 2.45) is 7.05 Å². The first-order valence-electron chi connectivity index (χ1n) is 12.4. The molecule has 1 fully saturated rings. The summed E-state index contributed by atoms with van der Waals surface area (Å²) in [7, 11) is 1.93. The van der Waals surface area contributed by atoms with Crippen molar-refractivity contribution in [1.29, 1.82) is 0 Å². The summed E-state index contributed by atoms with van der Waals surface area (Å²) in [6.45, 7) is 5.11. The summed E-state index contributed by atoms with van der Waals surface area (Å²) < 4.78 is 13.3. The van der Waals surface area contributed by atoms with Crippen molar-refractivity contribution < 1.29 is 13.9 Å². The van der Waals surface area contributed by atoms with E-state index in [-0.39, 0.29) is 11.3 Å². The van der Waals surface area contributed by atoms with Crippen LogP contribution in [0.5, 0.6) is 0 Å². The Labute approximate surface area is 217 Å². The average Bonchev–Trinajstić information content (AvgIpc) is 3.20. The Kier molecular flexibility index (Phi) is 5.97. The van der Waals surface area contributed by atoms with Gasteiger partial charge in [-0.05, 0) is 44.2 Å². The lowest BCUT2D eigenvalue weighted by molar-refractivity contribution is 0.0277. The molecule has 38 heavy (non-hydrogen) atoms. The zero-order valence-electron chi connectivity index (χ0n) is 21.2. The number of ether oxygens (including phenoxy) is 1. The van der Waals surface area contributed by atoms with E-state index in [9.17, 15) is 9.59 Å². The lowest BCUT2D eigenvalue weighted by Gasteiger charge is -2.26. The lowest BCUT2D eigenvalue weighted by atomic mass is 9.96. The minimum atomic E-state index is -0.675. The van der Waals surface area contributed by atoms with Gasteiger partial charge in [-0.15, -0.1) is 0 Å². The van der Waals surface area contributed by atoms with Gasteiger partial charge in [0.25, 0.3) is 0 Å². The van der Waals surface area contributed by atoms with Crippen molar-refractivity contribution >= 4 is 39.3 Å². The fourth-order valence-electron chi connectivity index (χ4n) is 4.91. The smallest absolute Gasteiger partial charge is 0.347 e. The molecule has 192 valence electrons. The Morgan fingerprint density at radius 3 is 2.82 bits per heavy atom. The van der Waals surface area contributed by atoms with Crippen molar-refractivity contribution in [2.45, 2.75) is 20.0 Å². The molecule has 0 amide bonds. The molecule has 0 aliphatic carbocycles. The van der Waals surface area contributed by atoms with Crippen molar-refractivity contribution in [3.8, 4) is 11.3 Å². The van der Waals surface area contributed by atoms with E-state index in [2.05, 4.69) is 26.8 Å². The molecule has 1 unspecified atom stereocenters. The molecule has 2 aromatic carbocycles. The van der Waals surface area contributed by atoms with Crippen LogP contribution in [-0.2, 0) is 11.8 Å². The Bertz CT molecular complexity index is 1770. The minimum Gasteiger partial charge on any atom is -0.422 e. The number of rotatable bonds is 5. The molecular formula is C28H26N6O4. The van der Waals surface area contributed by atoms with Crippen molar-refractivity contribution in [1.82, 2.24) is 25.1 Å². The first kappa shape index (κ1) is 24.0. The fraction of sp³-hybridized carbons (Fsp3) is 0.250. The van der Waals surface area contributed by atoms with E-state index in [1.54, 1.807) is 12.3 Å². The van der Waals surface area contributed by atoms with Gasteiger partial charge in [-0.1, -0.05) is 6.07 Å². The molecule has 1 atom stereocenters. The summed E-state index contributed by atoms with van der Waals surface area (Å²) in [6, 6.07) is 13.3. The predicted octanol–water partition coefficient (Wildman–Crippen LogP) is 4.05. The van der Waals surface area contributed by atoms with Gasteiger partial charge in [0, 0.05) is 65.7 Å². The lowest BCUT2D eigenvalue weighted by Crippen LogP contribution is -2.35. The highest BCUT2D eigenvalue weighted by molar-refractivity contribution is 6.00. The molecule has 4 heterocycles. The Hall–Kier alpha value is -4.41. The molecule has 10 heteroatoms. The number of benzene rings is 2. The highest BCUT2D eigenvalue weighted by Gasteiger charge is 2.27. The number of morpholine rings is 1. The van der Waals surface area contributed by atoms with Crippen LogP contribution < -0.4 is 16.3 Å². The van der Waals surface area contributed by atoms with E-state index in [1.165, 1.54) is 6.92 Å². The van der Waals surface area contributed by atoms with Gasteiger partial charge in [0.15, 0.2) is 5.78 Å².